The average molecular weight is 234 g/mol. The van der Waals surface area contributed by atoms with Gasteiger partial charge in [0.1, 0.15) is 12.0 Å². The number of ether oxygens (including phenoxy) is 1. The molecule has 0 fully saturated rings. The van der Waals surface area contributed by atoms with Gasteiger partial charge in [0.05, 0.1) is 7.11 Å². The van der Waals surface area contributed by atoms with Crippen LogP contribution in [0, 0.1) is 6.92 Å². The SMILES string of the molecule is COC(=O)c1cc(C)nc2c(C(N)=O)ncn12. The number of imidazole rings is 1. The number of hydrogen-bond donors (Lipinski definition) is 1. The van der Waals surface area contributed by atoms with Gasteiger partial charge in [-0.05, 0) is 13.0 Å². The van der Waals surface area contributed by atoms with Gasteiger partial charge in [-0.15, -0.1) is 0 Å². The number of aryl methyl sites for hydroxylation is 1. The molecule has 0 radical (unpaired) electrons. The Morgan fingerprint density at radius 2 is 2.18 bits per heavy atom. The lowest BCUT2D eigenvalue weighted by Gasteiger charge is -2.04. The fourth-order valence-corrected chi connectivity index (χ4v) is 1.53. The molecule has 0 aromatic carbocycles. The zero-order chi connectivity index (χ0) is 12.6. The van der Waals surface area contributed by atoms with E-state index in [1.165, 1.54) is 17.8 Å². The van der Waals surface area contributed by atoms with Crippen LogP contribution in [-0.2, 0) is 4.74 Å². The maximum atomic E-state index is 11.5. The van der Waals surface area contributed by atoms with Crippen molar-refractivity contribution in [3.05, 3.63) is 29.5 Å². The molecule has 2 aromatic rings. The summed E-state index contributed by atoms with van der Waals surface area (Å²) in [7, 11) is 1.27. The van der Waals surface area contributed by atoms with Crippen molar-refractivity contribution in [1.29, 1.82) is 0 Å². The highest BCUT2D eigenvalue weighted by atomic mass is 16.5. The van der Waals surface area contributed by atoms with Crippen molar-refractivity contribution in [2.24, 2.45) is 5.73 Å². The van der Waals surface area contributed by atoms with Gasteiger partial charge in [0.2, 0.25) is 0 Å². The van der Waals surface area contributed by atoms with Crippen LogP contribution in [0.1, 0.15) is 26.7 Å². The van der Waals surface area contributed by atoms with Crippen LogP contribution in [-0.4, -0.2) is 33.4 Å². The van der Waals surface area contributed by atoms with Crippen molar-refractivity contribution in [3.63, 3.8) is 0 Å². The Morgan fingerprint density at radius 1 is 1.47 bits per heavy atom. The molecule has 0 aliphatic carbocycles. The summed E-state index contributed by atoms with van der Waals surface area (Å²) in [5.41, 5.74) is 6.25. The van der Waals surface area contributed by atoms with Gasteiger partial charge < -0.3 is 10.5 Å². The molecule has 17 heavy (non-hydrogen) atoms. The number of rotatable bonds is 2. The Hall–Kier alpha value is -2.44. The van der Waals surface area contributed by atoms with Crippen LogP contribution < -0.4 is 5.73 Å². The van der Waals surface area contributed by atoms with Crippen LogP contribution in [0.5, 0.6) is 0 Å². The third kappa shape index (κ3) is 1.71. The molecule has 0 bridgehead atoms. The topological polar surface area (TPSA) is 99.6 Å². The van der Waals surface area contributed by atoms with Gasteiger partial charge in [-0.1, -0.05) is 0 Å². The molecule has 1 amide bonds. The highest BCUT2D eigenvalue weighted by Gasteiger charge is 2.17. The molecule has 0 saturated heterocycles. The van der Waals surface area contributed by atoms with Crippen molar-refractivity contribution in [1.82, 2.24) is 14.4 Å². The fraction of sp³-hybridized carbons (Fsp3) is 0.200. The first kappa shape index (κ1) is 11.1. The van der Waals surface area contributed by atoms with Gasteiger partial charge in [-0.2, -0.15) is 0 Å². The van der Waals surface area contributed by atoms with Crippen molar-refractivity contribution >= 4 is 17.5 Å². The molecule has 0 spiro atoms. The molecule has 2 heterocycles. The van der Waals surface area contributed by atoms with Gasteiger partial charge >= 0.3 is 5.97 Å². The molecule has 0 aliphatic heterocycles. The summed E-state index contributed by atoms with van der Waals surface area (Å²) in [5, 5.41) is 0. The minimum absolute atomic E-state index is 0.0267. The second-order valence-electron chi connectivity index (χ2n) is 3.43. The fourth-order valence-electron chi connectivity index (χ4n) is 1.53. The Balaban J connectivity index is 2.78. The van der Waals surface area contributed by atoms with E-state index in [1.807, 2.05) is 0 Å². The summed E-state index contributed by atoms with van der Waals surface area (Å²) in [6.07, 6.45) is 1.31. The number of primary amides is 1. The molecule has 7 heteroatoms. The van der Waals surface area contributed by atoms with Crippen molar-refractivity contribution < 1.29 is 14.3 Å². The summed E-state index contributed by atoms with van der Waals surface area (Å²) < 4.78 is 6.01. The van der Waals surface area contributed by atoms with Gasteiger partial charge in [-0.25, -0.2) is 14.8 Å². The van der Waals surface area contributed by atoms with Crippen molar-refractivity contribution in [2.75, 3.05) is 7.11 Å². The molecule has 0 atom stereocenters. The smallest absolute Gasteiger partial charge is 0.355 e. The van der Waals surface area contributed by atoms with E-state index in [9.17, 15) is 9.59 Å². The van der Waals surface area contributed by atoms with Crippen LogP contribution in [0.4, 0.5) is 0 Å². The number of methoxy groups -OCH3 is 1. The van der Waals surface area contributed by atoms with Crippen LogP contribution in [0.3, 0.4) is 0 Å². The molecule has 0 unspecified atom stereocenters. The largest absolute Gasteiger partial charge is 0.464 e. The summed E-state index contributed by atoms with van der Waals surface area (Å²) in [6.45, 7) is 1.70. The lowest BCUT2D eigenvalue weighted by atomic mass is 10.3. The standard InChI is InChI=1S/C10H10N4O3/c1-5-3-6(10(16)17-2)14-4-12-7(8(11)15)9(14)13-5/h3-4H,1-2H3,(H2,11,15). The third-order valence-electron chi connectivity index (χ3n) is 2.26. The number of carbonyl (C=O) groups excluding carboxylic acids is 2. The minimum atomic E-state index is -0.693. The van der Waals surface area contributed by atoms with E-state index in [2.05, 4.69) is 14.7 Å². The number of fused-ring (bicyclic) bond motifs is 1. The number of amides is 1. The van der Waals surface area contributed by atoms with Crippen LogP contribution in [0.25, 0.3) is 5.65 Å². The second kappa shape index (κ2) is 3.85. The minimum Gasteiger partial charge on any atom is -0.464 e. The lowest BCUT2D eigenvalue weighted by Crippen LogP contribution is -2.14. The lowest BCUT2D eigenvalue weighted by molar-refractivity contribution is 0.0591. The predicted octanol–water partition coefficient (Wildman–Crippen LogP) is -0.0768. The van der Waals surface area contributed by atoms with E-state index >= 15 is 0 Å². The van der Waals surface area contributed by atoms with E-state index < -0.39 is 11.9 Å². The quantitative estimate of drug-likeness (QED) is 0.733. The first-order valence-electron chi connectivity index (χ1n) is 4.77. The number of carbonyl (C=O) groups is 2. The highest BCUT2D eigenvalue weighted by molar-refractivity contribution is 5.97. The molecule has 0 saturated carbocycles. The Bertz CT molecular complexity index is 617. The number of nitrogens with zero attached hydrogens (tertiary/aromatic N) is 3. The van der Waals surface area contributed by atoms with Crippen molar-refractivity contribution in [2.45, 2.75) is 6.92 Å². The number of aromatic nitrogens is 3. The average Bonchev–Trinajstić information content (AvgIpc) is 2.70. The van der Waals surface area contributed by atoms with Crippen molar-refractivity contribution in [3.8, 4) is 0 Å². The zero-order valence-corrected chi connectivity index (χ0v) is 9.30. The Morgan fingerprint density at radius 3 is 2.76 bits per heavy atom. The normalized spacial score (nSPS) is 10.5. The Kier molecular flexibility index (Phi) is 2.51. The maximum Gasteiger partial charge on any atom is 0.355 e. The Labute approximate surface area is 96.2 Å². The van der Waals surface area contributed by atoms with Gasteiger partial charge in [-0.3, -0.25) is 9.20 Å². The van der Waals surface area contributed by atoms with E-state index in [1.54, 1.807) is 13.0 Å². The summed E-state index contributed by atoms with van der Waals surface area (Å²) in [5.74, 6) is -1.23. The van der Waals surface area contributed by atoms with Crippen LogP contribution >= 0.6 is 0 Å². The van der Waals surface area contributed by atoms with Gasteiger partial charge in [0.25, 0.3) is 5.91 Å². The molecule has 7 nitrogen and oxygen atoms in total. The maximum absolute atomic E-state index is 11.5. The molecule has 2 N–H and O–H groups in total. The number of hydrogen-bond acceptors (Lipinski definition) is 5. The molecule has 2 aromatic heterocycles. The number of esters is 1. The van der Waals surface area contributed by atoms with E-state index in [0.717, 1.165) is 0 Å². The summed E-state index contributed by atoms with van der Waals surface area (Å²) in [4.78, 5) is 30.6. The van der Waals surface area contributed by atoms with E-state index in [4.69, 9.17) is 5.73 Å². The molecule has 2 rings (SSSR count). The van der Waals surface area contributed by atoms with Crippen LogP contribution in [0.2, 0.25) is 0 Å². The van der Waals surface area contributed by atoms with Crippen LogP contribution in [0.15, 0.2) is 12.4 Å². The summed E-state index contributed by atoms with van der Waals surface area (Å²) >= 11 is 0. The monoisotopic (exact) mass is 234 g/mol. The first-order valence-corrected chi connectivity index (χ1v) is 4.77. The van der Waals surface area contributed by atoms with Gasteiger partial charge in [0.15, 0.2) is 11.3 Å². The summed E-state index contributed by atoms with van der Waals surface area (Å²) in [6, 6.07) is 1.55. The van der Waals surface area contributed by atoms with Gasteiger partial charge in [0, 0.05) is 5.69 Å². The third-order valence-corrected chi connectivity index (χ3v) is 2.26. The van der Waals surface area contributed by atoms with E-state index in [0.29, 0.717) is 5.69 Å². The number of nitrogens with two attached hydrogens (primary N) is 1. The first-order chi connectivity index (χ1) is 8.04. The highest BCUT2D eigenvalue weighted by Crippen LogP contribution is 2.12. The molecular formula is C10H10N4O3. The second-order valence-corrected chi connectivity index (χ2v) is 3.43. The predicted molar refractivity (Wildman–Crippen MR) is 57.6 cm³/mol. The zero-order valence-electron chi connectivity index (χ0n) is 9.30. The molecule has 0 aliphatic rings. The van der Waals surface area contributed by atoms with E-state index in [-0.39, 0.29) is 17.0 Å². The molecular weight excluding hydrogens is 224 g/mol. The molecule has 88 valence electrons.